The number of carbonyl (C=O) groups is 6. The highest BCUT2D eigenvalue weighted by atomic mass is 32.2. The first-order chi connectivity index (χ1) is 32.8. The minimum absolute atomic E-state index is 0.0863. The number of hydrogen-bond acceptors (Lipinski definition) is 15. The largest absolute Gasteiger partial charge is 0.456 e. The van der Waals surface area contributed by atoms with Gasteiger partial charge >= 0.3 is 23.9 Å². The number of carbonyl (C=O) groups excluding carboxylic acids is 6. The molecular weight excluding hydrogens is 905 g/mol. The number of fused-ring (bicyclic) bond motifs is 5. The Morgan fingerprint density at radius 3 is 2.04 bits per heavy atom. The second kappa shape index (κ2) is 19.3. The molecule has 1 amide bonds. The van der Waals surface area contributed by atoms with Gasteiger partial charge < -0.3 is 39.2 Å². The van der Waals surface area contributed by atoms with E-state index in [-0.39, 0.29) is 35.3 Å². The van der Waals surface area contributed by atoms with E-state index < -0.39 is 112 Å². The zero-order valence-electron chi connectivity index (χ0n) is 39.2. The van der Waals surface area contributed by atoms with Crippen molar-refractivity contribution in [1.82, 2.24) is 10.3 Å². The second-order valence-electron chi connectivity index (χ2n) is 19.0. The summed E-state index contributed by atoms with van der Waals surface area (Å²) in [5.74, 6) is -5.91. The molecule has 69 heavy (non-hydrogen) atoms. The SMILES string of the molecule is CC(=O)OC1C(=O)[C@]2(C)C(SCc3ccccn3)CC3OCC3(OC(C)=O)C2C(OC(=O)c2ccccc2)C2(O)CC(OC(=O)C(O)C(NC(=O)c3ccccc3)c3ccccc3)C(C)=C1C2(C)C. The van der Waals surface area contributed by atoms with E-state index in [9.17, 15) is 34.2 Å². The van der Waals surface area contributed by atoms with Gasteiger partial charge in [-0.05, 0) is 66.5 Å². The Kier molecular flexibility index (Phi) is 13.8. The van der Waals surface area contributed by atoms with Crippen molar-refractivity contribution in [3.63, 3.8) is 0 Å². The fourth-order valence-electron chi connectivity index (χ4n) is 11.1. The first kappa shape index (κ1) is 49.2. The number of ether oxygens (including phenoxy) is 5. The number of hydrogen-bond donors (Lipinski definition) is 3. The van der Waals surface area contributed by atoms with Gasteiger partial charge in [0.2, 0.25) is 0 Å². The van der Waals surface area contributed by atoms with Crippen LogP contribution in [0.15, 0.2) is 127 Å². The summed E-state index contributed by atoms with van der Waals surface area (Å²) >= 11 is 1.38. The smallest absolute Gasteiger partial charge is 0.338 e. The lowest BCUT2D eigenvalue weighted by molar-refractivity contribution is -0.331. The van der Waals surface area contributed by atoms with Crippen LogP contribution in [-0.4, -0.2) is 104 Å². The van der Waals surface area contributed by atoms with Crippen LogP contribution in [0.2, 0.25) is 0 Å². The number of ketones is 1. The highest BCUT2D eigenvalue weighted by molar-refractivity contribution is 7.99. The molecule has 1 aliphatic heterocycles. The molecule has 4 aromatic rings. The molecule has 11 atom stereocenters. The topological polar surface area (TPSA) is 214 Å². The summed E-state index contributed by atoms with van der Waals surface area (Å²) in [4.78, 5) is 90.1. The van der Waals surface area contributed by atoms with Crippen LogP contribution in [0.1, 0.15) is 92.4 Å². The number of amides is 1. The minimum Gasteiger partial charge on any atom is -0.456 e. The number of aliphatic hydroxyl groups is 2. The molecule has 3 aliphatic carbocycles. The zero-order valence-corrected chi connectivity index (χ0v) is 40.0. The number of thioether (sulfide) groups is 1. The molecule has 3 fully saturated rings. The van der Waals surface area contributed by atoms with Crippen molar-refractivity contribution >= 4 is 47.3 Å². The summed E-state index contributed by atoms with van der Waals surface area (Å²) in [7, 11) is 0. The van der Waals surface area contributed by atoms with Crippen molar-refractivity contribution < 1.29 is 62.7 Å². The summed E-state index contributed by atoms with van der Waals surface area (Å²) in [5.41, 5.74) is -5.60. The number of benzene rings is 3. The molecule has 4 aliphatic rings. The second-order valence-corrected chi connectivity index (χ2v) is 20.2. The van der Waals surface area contributed by atoms with Gasteiger partial charge in [-0.25, -0.2) is 9.59 Å². The third kappa shape index (κ3) is 8.88. The summed E-state index contributed by atoms with van der Waals surface area (Å²) in [6, 6.07) is 28.8. The van der Waals surface area contributed by atoms with Gasteiger partial charge in [0.15, 0.2) is 23.6 Å². The van der Waals surface area contributed by atoms with Crippen molar-refractivity contribution in [1.29, 1.82) is 0 Å². The van der Waals surface area contributed by atoms with Crippen molar-refractivity contribution in [2.75, 3.05) is 6.61 Å². The number of aliphatic hydroxyl groups excluding tert-OH is 1. The van der Waals surface area contributed by atoms with Crippen LogP contribution in [0, 0.1) is 16.7 Å². The van der Waals surface area contributed by atoms with E-state index >= 15 is 4.79 Å². The Morgan fingerprint density at radius 2 is 1.46 bits per heavy atom. The Bertz CT molecular complexity index is 2630. The van der Waals surface area contributed by atoms with Gasteiger partial charge in [-0.2, -0.15) is 11.8 Å². The van der Waals surface area contributed by atoms with Crippen molar-refractivity contribution in [3.05, 3.63) is 149 Å². The number of Topliss-reactive ketones (excluding diaryl/α,β-unsaturated/α-hetero) is 1. The van der Waals surface area contributed by atoms with Gasteiger partial charge in [0.05, 0.1) is 35.2 Å². The fourth-order valence-corrected chi connectivity index (χ4v) is 12.5. The number of nitrogens with zero attached hydrogens (tertiary/aromatic N) is 1. The van der Waals surface area contributed by atoms with Gasteiger partial charge in [0.1, 0.15) is 23.9 Å². The summed E-state index contributed by atoms with van der Waals surface area (Å²) in [5, 5.41) is 28.0. The number of rotatable bonds is 13. The molecule has 3 aromatic carbocycles. The Balaban J connectivity index is 1.30. The molecular formula is C53H56N2O13S. The van der Waals surface area contributed by atoms with Crippen LogP contribution in [-0.2, 0) is 48.6 Å². The van der Waals surface area contributed by atoms with Crippen molar-refractivity contribution in [2.45, 2.75) is 113 Å². The Hall–Kier alpha value is -6.20. The maximum atomic E-state index is 16.2. The number of nitrogens with one attached hydrogen (secondary N) is 1. The lowest BCUT2D eigenvalue weighted by Gasteiger charge is -2.68. The highest BCUT2D eigenvalue weighted by Crippen LogP contribution is 2.66. The van der Waals surface area contributed by atoms with E-state index in [4.69, 9.17) is 23.7 Å². The van der Waals surface area contributed by atoms with E-state index in [0.717, 1.165) is 6.92 Å². The summed E-state index contributed by atoms with van der Waals surface area (Å²) < 4.78 is 31.5. The highest BCUT2D eigenvalue weighted by Gasteiger charge is 2.78. The lowest BCUT2D eigenvalue weighted by atomic mass is 9.45. The Morgan fingerprint density at radius 1 is 0.841 bits per heavy atom. The minimum atomic E-state index is -2.34. The molecule has 362 valence electrons. The monoisotopic (exact) mass is 960 g/mol. The predicted molar refractivity (Wildman–Crippen MR) is 251 cm³/mol. The van der Waals surface area contributed by atoms with E-state index in [1.807, 2.05) is 12.1 Å². The number of aromatic nitrogens is 1. The maximum Gasteiger partial charge on any atom is 0.338 e. The van der Waals surface area contributed by atoms with Gasteiger partial charge in [0, 0.05) is 48.4 Å². The summed E-state index contributed by atoms with van der Waals surface area (Å²) in [6.45, 7) is 8.65. The van der Waals surface area contributed by atoms with Crippen LogP contribution in [0.3, 0.4) is 0 Å². The molecule has 0 spiro atoms. The van der Waals surface area contributed by atoms with Crippen LogP contribution >= 0.6 is 11.8 Å². The molecule has 10 unspecified atom stereocenters. The zero-order chi connectivity index (χ0) is 49.5. The van der Waals surface area contributed by atoms with Crippen LogP contribution in [0.5, 0.6) is 0 Å². The molecule has 1 saturated heterocycles. The fraction of sp³-hybridized carbons (Fsp3) is 0.415. The lowest BCUT2D eigenvalue weighted by Crippen LogP contribution is -2.81. The predicted octanol–water partition coefficient (Wildman–Crippen LogP) is 6.07. The molecule has 16 heteroatoms. The van der Waals surface area contributed by atoms with E-state index in [1.54, 1.807) is 119 Å². The standard InChI is InChI=1S/C53H56N2O13S/c1-30-37(66-49(62)42(58)41(33-18-10-7-11-19-33)55-47(60)34-20-12-8-13-21-34)27-53(63)46(67-48(61)35-22-14-9-15-23-35)44-51(6,45(59)43(65-31(2)56)40(30)50(53,4)5)39(69-28-36-24-16-17-25-54-36)26-38-52(44,29-64-38)68-32(3)57/h7-25,37-39,41-44,46,58,63H,26-29H2,1-6H3,(H,55,60)/t37?,38?,39?,41?,42?,43?,44?,46?,51-,52?,53?/m1/s1. The molecule has 0 radical (unpaired) electrons. The van der Waals surface area contributed by atoms with Gasteiger partial charge in [-0.15, -0.1) is 0 Å². The third-order valence-corrected chi connectivity index (χ3v) is 16.2. The first-order valence-electron chi connectivity index (χ1n) is 22.9. The molecule has 8 rings (SSSR count). The molecule has 3 N–H and O–H groups in total. The first-order valence-corrected chi connectivity index (χ1v) is 23.9. The average Bonchev–Trinajstić information content (AvgIpc) is 3.33. The van der Waals surface area contributed by atoms with Gasteiger partial charge in [-0.1, -0.05) is 93.6 Å². The molecule has 15 nitrogen and oxygen atoms in total. The van der Waals surface area contributed by atoms with Crippen LogP contribution < -0.4 is 5.32 Å². The van der Waals surface area contributed by atoms with Crippen molar-refractivity contribution in [2.24, 2.45) is 16.7 Å². The van der Waals surface area contributed by atoms with Crippen LogP contribution in [0.25, 0.3) is 0 Å². The van der Waals surface area contributed by atoms with Crippen LogP contribution in [0.4, 0.5) is 0 Å². The number of esters is 4. The molecule has 2 heterocycles. The van der Waals surface area contributed by atoms with Crippen molar-refractivity contribution in [3.8, 4) is 0 Å². The molecule has 2 saturated carbocycles. The van der Waals surface area contributed by atoms with Gasteiger partial charge in [0.25, 0.3) is 5.91 Å². The van der Waals surface area contributed by atoms with E-state index in [1.165, 1.54) is 30.8 Å². The van der Waals surface area contributed by atoms with Gasteiger partial charge in [-0.3, -0.25) is 24.2 Å². The summed E-state index contributed by atoms with van der Waals surface area (Å²) in [6.07, 6.45) is -6.47. The quantitative estimate of drug-likeness (QED) is 0.0788. The molecule has 2 bridgehead atoms. The normalized spacial score (nSPS) is 29.8. The maximum absolute atomic E-state index is 16.2. The van der Waals surface area contributed by atoms with E-state index in [2.05, 4.69) is 10.3 Å². The molecule has 1 aromatic heterocycles. The average molecular weight is 961 g/mol. The van der Waals surface area contributed by atoms with E-state index in [0.29, 0.717) is 17.0 Å². The number of pyridine rings is 1. The third-order valence-electron chi connectivity index (χ3n) is 14.6. The Labute approximate surface area is 404 Å².